The lowest BCUT2D eigenvalue weighted by Gasteiger charge is -2.31. The maximum atomic E-state index is 12.7. The first-order valence-corrected chi connectivity index (χ1v) is 14.9. The molecule has 0 aliphatic heterocycles. The van der Waals surface area contributed by atoms with E-state index in [4.69, 9.17) is 15.2 Å². The van der Waals surface area contributed by atoms with E-state index < -0.39 is 18.0 Å². The zero-order valence-electron chi connectivity index (χ0n) is 25.7. The second-order valence-corrected chi connectivity index (χ2v) is 12.8. The molecule has 4 rings (SSSR count). The Bertz CT molecular complexity index is 1360. The summed E-state index contributed by atoms with van der Waals surface area (Å²) in [6, 6.07) is 5.65. The van der Waals surface area contributed by atoms with Crippen LogP contribution in [0.5, 0.6) is 0 Å². The molecule has 10 heteroatoms. The van der Waals surface area contributed by atoms with E-state index in [1.807, 2.05) is 47.1 Å². The number of fused-ring (bicyclic) bond motifs is 1. The van der Waals surface area contributed by atoms with Crippen LogP contribution in [-0.4, -0.2) is 78.6 Å². The number of primary amides is 1. The van der Waals surface area contributed by atoms with Gasteiger partial charge in [-0.05, 0) is 76.1 Å². The van der Waals surface area contributed by atoms with Gasteiger partial charge < -0.3 is 29.6 Å². The maximum absolute atomic E-state index is 12.7. The molecule has 2 aliphatic carbocycles. The van der Waals surface area contributed by atoms with E-state index in [1.165, 1.54) is 6.92 Å². The number of anilines is 1. The number of nitrogens with two attached hydrogens (primary N) is 1. The van der Waals surface area contributed by atoms with Crippen LogP contribution in [0, 0.1) is 13.8 Å². The van der Waals surface area contributed by atoms with Crippen molar-refractivity contribution in [1.82, 2.24) is 4.57 Å². The van der Waals surface area contributed by atoms with Gasteiger partial charge in [0.2, 0.25) is 0 Å². The molecular weight excluding hydrogens is 536 g/mol. The summed E-state index contributed by atoms with van der Waals surface area (Å²) in [7, 11) is 5.93. The van der Waals surface area contributed by atoms with E-state index in [9.17, 15) is 19.2 Å². The van der Waals surface area contributed by atoms with Crippen molar-refractivity contribution in [3.05, 3.63) is 46.3 Å². The Hall–Kier alpha value is -3.66. The Morgan fingerprint density at radius 2 is 1.79 bits per heavy atom. The Morgan fingerprint density at radius 1 is 1.10 bits per heavy atom. The molecule has 1 saturated carbocycles. The number of quaternary nitrogens is 1. The molecule has 1 amide bonds. The first-order chi connectivity index (χ1) is 19.7. The molecule has 1 aromatic heterocycles. The molecule has 1 heterocycles. The predicted octanol–water partition coefficient (Wildman–Crippen LogP) is 4.01. The van der Waals surface area contributed by atoms with Crippen LogP contribution in [0.1, 0.15) is 89.5 Å². The van der Waals surface area contributed by atoms with E-state index in [1.54, 1.807) is 6.07 Å². The first-order valence-electron chi connectivity index (χ1n) is 14.9. The highest BCUT2D eigenvalue weighted by molar-refractivity contribution is 6.01. The van der Waals surface area contributed by atoms with Crippen LogP contribution in [-0.2, 0) is 25.5 Å². The molecule has 1 unspecified atom stereocenters. The van der Waals surface area contributed by atoms with Crippen molar-refractivity contribution in [2.75, 3.05) is 33.0 Å². The summed E-state index contributed by atoms with van der Waals surface area (Å²) in [5.74, 6) is -1.10. The molecule has 1 fully saturated rings. The lowest BCUT2D eigenvalue weighted by molar-refractivity contribution is -0.873. The smallest absolute Gasteiger partial charge is 0.310 e. The Balaban J connectivity index is 1.43. The van der Waals surface area contributed by atoms with E-state index in [2.05, 4.69) is 9.88 Å². The van der Waals surface area contributed by atoms with Crippen molar-refractivity contribution in [3.63, 3.8) is 0 Å². The molecule has 42 heavy (non-hydrogen) atoms. The van der Waals surface area contributed by atoms with Gasteiger partial charge in [-0.25, -0.2) is 0 Å². The molecule has 0 saturated heterocycles. The summed E-state index contributed by atoms with van der Waals surface area (Å²) < 4.78 is 13.8. The number of rotatable bonds is 10. The maximum Gasteiger partial charge on any atom is 0.310 e. The van der Waals surface area contributed by atoms with Gasteiger partial charge in [-0.2, -0.15) is 0 Å². The highest BCUT2D eigenvalue weighted by Crippen LogP contribution is 2.34. The van der Waals surface area contributed by atoms with Crippen LogP contribution in [0.2, 0.25) is 0 Å². The average Bonchev–Trinajstić information content (AvgIpc) is 3.14. The predicted molar refractivity (Wildman–Crippen MR) is 160 cm³/mol. The van der Waals surface area contributed by atoms with Gasteiger partial charge in [0.1, 0.15) is 12.6 Å². The monoisotopic (exact) mass is 581 g/mol. The van der Waals surface area contributed by atoms with Gasteiger partial charge >= 0.3 is 11.9 Å². The van der Waals surface area contributed by atoms with Gasteiger partial charge in [-0.1, -0.05) is 0 Å². The molecule has 0 spiro atoms. The molecule has 1 atom stereocenters. The number of nitrogens with zero attached hydrogens (tertiary/aromatic N) is 2. The summed E-state index contributed by atoms with van der Waals surface area (Å²) in [5.41, 5.74) is 11.6. The van der Waals surface area contributed by atoms with Crippen molar-refractivity contribution in [2.24, 2.45) is 5.73 Å². The van der Waals surface area contributed by atoms with Crippen LogP contribution >= 0.6 is 0 Å². The number of Topliss-reactive ketones (excluding diaryl/α,β-unsaturated/α-hetero) is 1. The van der Waals surface area contributed by atoms with E-state index in [0.29, 0.717) is 41.5 Å². The van der Waals surface area contributed by atoms with Gasteiger partial charge in [0, 0.05) is 47.7 Å². The quantitative estimate of drug-likeness (QED) is 0.320. The third kappa shape index (κ3) is 7.40. The number of ether oxygens (including phenoxy) is 2. The lowest BCUT2D eigenvalue weighted by Crippen LogP contribution is -2.44. The Morgan fingerprint density at radius 3 is 2.40 bits per heavy atom. The molecule has 0 bridgehead atoms. The zero-order valence-corrected chi connectivity index (χ0v) is 25.7. The topological polar surface area (TPSA) is 130 Å². The number of carbonyl (C=O) groups is 4. The SMILES string of the molecule is CC(=O)OC(CC(=O)OC1CCC(Nc2cc(-n3c(C)c(C)c4c3CCCC4=O)ccc2C(N)=O)CC1)C[N+](C)(C)C. The van der Waals surface area contributed by atoms with Gasteiger partial charge in [-0.15, -0.1) is 0 Å². The second-order valence-electron chi connectivity index (χ2n) is 12.8. The number of amides is 1. The fourth-order valence-corrected chi connectivity index (χ4v) is 6.34. The van der Waals surface area contributed by atoms with Crippen molar-refractivity contribution >= 4 is 29.3 Å². The molecule has 1 aromatic carbocycles. The van der Waals surface area contributed by atoms with E-state index in [-0.39, 0.29) is 30.3 Å². The zero-order chi connectivity index (χ0) is 30.8. The molecule has 3 N–H and O–H groups in total. The molecule has 10 nitrogen and oxygen atoms in total. The number of aromatic nitrogens is 1. The Kier molecular flexibility index (Phi) is 9.45. The van der Waals surface area contributed by atoms with Crippen LogP contribution < -0.4 is 11.1 Å². The number of hydrogen-bond acceptors (Lipinski definition) is 7. The van der Waals surface area contributed by atoms with Crippen molar-refractivity contribution in [2.45, 2.75) is 90.4 Å². The number of likely N-dealkylation sites (N-methyl/N-ethyl adjacent to an activating group) is 1. The van der Waals surface area contributed by atoms with Gasteiger partial charge in [-0.3, -0.25) is 19.2 Å². The minimum absolute atomic E-state index is 0.0234. The highest BCUT2D eigenvalue weighted by Gasteiger charge is 2.30. The van der Waals surface area contributed by atoms with Gasteiger partial charge in [0.15, 0.2) is 11.9 Å². The molecule has 0 radical (unpaired) electrons. The van der Waals surface area contributed by atoms with Crippen LogP contribution in [0.4, 0.5) is 5.69 Å². The normalized spacial score (nSPS) is 19.5. The average molecular weight is 582 g/mol. The number of nitrogens with one attached hydrogen (secondary N) is 1. The third-order valence-corrected chi connectivity index (χ3v) is 8.24. The van der Waals surface area contributed by atoms with Gasteiger partial charge in [0.25, 0.3) is 5.91 Å². The number of benzene rings is 1. The van der Waals surface area contributed by atoms with Crippen molar-refractivity contribution in [3.8, 4) is 5.69 Å². The fraction of sp³-hybridized carbons (Fsp3) is 0.562. The minimum Gasteiger partial charge on any atom is -0.462 e. The first kappa shape index (κ1) is 31.3. The summed E-state index contributed by atoms with van der Waals surface area (Å²) in [4.78, 5) is 49.2. The molecule has 228 valence electrons. The molecular formula is C32H45N4O6+. The number of ketones is 1. The fourth-order valence-electron chi connectivity index (χ4n) is 6.34. The summed E-state index contributed by atoms with van der Waals surface area (Å²) in [5, 5.41) is 3.53. The second kappa shape index (κ2) is 12.7. The van der Waals surface area contributed by atoms with Crippen LogP contribution in [0.25, 0.3) is 5.69 Å². The molecule has 2 aromatic rings. The number of carbonyl (C=O) groups excluding carboxylic acids is 4. The lowest BCUT2D eigenvalue weighted by atomic mass is 9.92. The summed E-state index contributed by atoms with van der Waals surface area (Å²) in [6.45, 7) is 5.87. The van der Waals surface area contributed by atoms with Crippen LogP contribution in [0.3, 0.4) is 0 Å². The van der Waals surface area contributed by atoms with Crippen LogP contribution in [0.15, 0.2) is 18.2 Å². The third-order valence-electron chi connectivity index (χ3n) is 8.24. The molecule has 2 aliphatic rings. The summed E-state index contributed by atoms with van der Waals surface area (Å²) >= 11 is 0. The largest absolute Gasteiger partial charge is 0.462 e. The standard InChI is InChI=1S/C32H44N4O6/c1-19-20(2)35(28-8-7-9-29(38)31(19)28)23-12-15-26(32(33)40)27(16-23)34-22-10-13-24(14-11-22)42-30(39)17-25(41-21(3)37)18-36(4,5)6/h12,15-16,22,24-25H,7-11,13-14,17-18H2,1-6H3,(H2-,33,34,40)/p+1. The van der Waals surface area contributed by atoms with Crippen molar-refractivity contribution < 1.29 is 33.1 Å². The summed E-state index contributed by atoms with van der Waals surface area (Å²) in [6.07, 6.45) is 4.35. The van der Waals surface area contributed by atoms with Gasteiger partial charge in [0.05, 0.1) is 33.1 Å². The van der Waals surface area contributed by atoms with E-state index in [0.717, 1.165) is 53.9 Å². The number of esters is 2. The Labute approximate surface area is 248 Å². The highest BCUT2D eigenvalue weighted by atomic mass is 16.6. The van der Waals surface area contributed by atoms with E-state index >= 15 is 0 Å². The van der Waals surface area contributed by atoms with Crippen molar-refractivity contribution in [1.29, 1.82) is 0 Å². The minimum atomic E-state index is -0.538. The number of hydrogen-bond donors (Lipinski definition) is 2.